The number of pyridine rings is 1. The van der Waals surface area contributed by atoms with E-state index in [0.717, 1.165) is 18.4 Å². The summed E-state index contributed by atoms with van der Waals surface area (Å²) in [6.45, 7) is 3.53. The summed E-state index contributed by atoms with van der Waals surface area (Å²) in [5.41, 5.74) is 0.767. The molecule has 1 heterocycles. The number of nitrogens with one attached hydrogen (secondary N) is 1. The second-order valence-corrected chi connectivity index (χ2v) is 6.05. The number of anilines is 1. The summed E-state index contributed by atoms with van der Waals surface area (Å²) in [6.07, 6.45) is -1.25. The van der Waals surface area contributed by atoms with Gasteiger partial charge >= 0.3 is 6.18 Å². The van der Waals surface area contributed by atoms with E-state index in [2.05, 4.69) is 10.3 Å². The number of halogens is 4. The van der Waals surface area contributed by atoms with Crippen molar-refractivity contribution in [2.24, 2.45) is 0 Å². The van der Waals surface area contributed by atoms with Crippen LogP contribution in [0.25, 0.3) is 0 Å². The molecule has 1 aliphatic carbocycles. The van der Waals surface area contributed by atoms with Crippen molar-refractivity contribution >= 4 is 17.4 Å². The van der Waals surface area contributed by atoms with Crippen LogP contribution in [0.1, 0.15) is 32.3 Å². The van der Waals surface area contributed by atoms with Crippen molar-refractivity contribution in [2.75, 3.05) is 11.4 Å². The van der Waals surface area contributed by atoms with Gasteiger partial charge in [0.05, 0.1) is 5.02 Å². The molecule has 0 amide bonds. The van der Waals surface area contributed by atoms with Crippen molar-refractivity contribution in [2.45, 2.75) is 51.5 Å². The molecular formula is C14H19ClF3N3. The number of alkyl halides is 3. The van der Waals surface area contributed by atoms with Crippen molar-refractivity contribution in [3.05, 3.63) is 22.8 Å². The highest BCUT2D eigenvalue weighted by Crippen LogP contribution is 2.34. The molecule has 1 saturated carbocycles. The zero-order valence-corrected chi connectivity index (χ0v) is 12.8. The molecule has 0 spiro atoms. The van der Waals surface area contributed by atoms with Gasteiger partial charge in [-0.15, -0.1) is 0 Å². The maximum Gasteiger partial charge on any atom is 0.405 e. The van der Waals surface area contributed by atoms with Crippen molar-refractivity contribution < 1.29 is 13.2 Å². The number of hydrogen-bond acceptors (Lipinski definition) is 3. The van der Waals surface area contributed by atoms with Crippen LogP contribution < -0.4 is 10.2 Å². The molecule has 21 heavy (non-hydrogen) atoms. The Kier molecular flexibility index (Phi) is 4.99. The second-order valence-electron chi connectivity index (χ2n) is 5.64. The van der Waals surface area contributed by atoms with E-state index in [9.17, 15) is 13.2 Å². The Morgan fingerprint density at radius 3 is 2.62 bits per heavy atom. The summed E-state index contributed by atoms with van der Waals surface area (Å²) in [5, 5.41) is 3.68. The van der Waals surface area contributed by atoms with Gasteiger partial charge in [-0.2, -0.15) is 13.2 Å². The Morgan fingerprint density at radius 1 is 1.43 bits per heavy atom. The first-order chi connectivity index (χ1) is 9.76. The maximum absolute atomic E-state index is 12.7. The molecular weight excluding hydrogens is 303 g/mol. The molecule has 0 atom stereocenters. The van der Waals surface area contributed by atoms with E-state index in [1.54, 1.807) is 6.07 Å². The highest BCUT2D eigenvalue weighted by Gasteiger charge is 2.38. The average Bonchev–Trinajstić information content (AvgIpc) is 3.18. The summed E-state index contributed by atoms with van der Waals surface area (Å²) in [6, 6.07) is 1.86. The lowest BCUT2D eigenvalue weighted by molar-refractivity contribution is -0.120. The Labute approximate surface area is 127 Å². The highest BCUT2D eigenvalue weighted by atomic mass is 35.5. The topological polar surface area (TPSA) is 28.2 Å². The predicted octanol–water partition coefficient (Wildman–Crippen LogP) is 3.76. The molecule has 0 bridgehead atoms. The quantitative estimate of drug-likeness (QED) is 0.864. The average molecular weight is 322 g/mol. The van der Waals surface area contributed by atoms with E-state index in [-0.39, 0.29) is 12.1 Å². The van der Waals surface area contributed by atoms with Crippen molar-refractivity contribution in [1.82, 2.24) is 10.3 Å². The first-order valence-corrected chi connectivity index (χ1v) is 7.35. The third-order valence-electron chi connectivity index (χ3n) is 3.25. The molecule has 1 N–H and O–H groups in total. The molecule has 0 aromatic carbocycles. The van der Waals surface area contributed by atoms with E-state index in [1.807, 2.05) is 13.8 Å². The molecule has 1 fully saturated rings. The molecule has 1 aromatic heterocycles. The zero-order valence-electron chi connectivity index (χ0n) is 12.0. The lowest BCUT2D eigenvalue weighted by Crippen LogP contribution is -2.36. The van der Waals surface area contributed by atoms with Gasteiger partial charge in [-0.3, -0.25) is 0 Å². The van der Waals surface area contributed by atoms with Gasteiger partial charge in [-0.1, -0.05) is 25.4 Å². The first-order valence-electron chi connectivity index (χ1n) is 6.97. The van der Waals surface area contributed by atoms with Gasteiger partial charge in [0.25, 0.3) is 0 Å². The summed E-state index contributed by atoms with van der Waals surface area (Å²) in [5.74, 6) is 0.347. The van der Waals surface area contributed by atoms with E-state index >= 15 is 0 Å². The Bertz CT molecular complexity index is 487. The van der Waals surface area contributed by atoms with Crippen molar-refractivity contribution in [3.8, 4) is 0 Å². The van der Waals surface area contributed by atoms with Gasteiger partial charge in [-0.05, 0) is 24.5 Å². The van der Waals surface area contributed by atoms with Crippen LogP contribution in [-0.2, 0) is 6.54 Å². The van der Waals surface area contributed by atoms with Crippen molar-refractivity contribution in [3.63, 3.8) is 0 Å². The number of nitrogens with zero attached hydrogens (tertiary/aromatic N) is 2. The summed E-state index contributed by atoms with van der Waals surface area (Å²) < 4.78 is 38.1. The van der Waals surface area contributed by atoms with Gasteiger partial charge in [0, 0.05) is 24.8 Å². The summed E-state index contributed by atoms with van der Waals surface area (Å²) >= 11 is 6.07. The number of rotatable bonds is 6. The molecule has 1 aromatic rings. The minimum absolute atomic E-state index is 0.0637. The van der Waals surface area contributed by atoms with Crippen LogP contribution >= 0.6 is 11.6 Å². The van der Waals surface area contributed by atoms with Gasteiger partial charge in [0.1, 0.15) is 12.4 Å². The van der Waals surface area contributed by atoms with Crippen LogP contribution in [0.4, 0.5) is 19.0 Å². The third kappa shape index (κ3) is 5.04. The lowest BCUT2D eigenvalue weighted by Gasteiger charge is -2.25. The molecule has 3 nitrogen and oxygen atoms in total. The molecule has 118 valence electrons. The number of hydrogen-bond donors (Lipinski definition) is 1. The first kappa shape index (κ1) is 16.4. The molecule has 1 aliphatic rings. The maximum atomic E-state index is 12.7. The van der Waals surface area contributed by atoms with E-state index < -0.39 is 12.7 Å². The van der Waals surface area contributed by atoms with Crippen LogP contribution in [0.15, 0.2) is 12.3 Å². The summed E-state index contributed by atoms with van der Waals surface area (Å²) in [7, 11) is 0. The minimum atomic E-state index is -4.24. The third-order valence-corrected chi connectivity index (χ3v) is 3.59. The highest BCUT2D eigenvalue weighted by molar-refractivity contribution is 6.31. The van der Waals surface area contributed by atoms with Crippen LogP contribution in [0.3, 0.4) is 0 Å². The Morgan fingerprint density at radius 2 is 2.10 bits per heavy atom. The summed E-state index contributed by atoms with van der Waals surface area (Å²) in [4.78, 5) is 5.41. The van der Waals surface area contributed by atoms with E-state index in [1.165, 1.54) is 11.1 Å². The van der Waals surface area contributed by atoms with E-state index in [0.29, 0.717) is 17.4 Å². The molecule has 0 saturated heterocycles. The Hall–Kier alpha value is -1.01. The lowest BCUT2D eigenvalue weighted by atomic mass is 10.2. The minimum Gasteiger partial charge on any atom is -0.345 e. The normalized spacial score (nSPS) is 15.6. The van der Waals surface area contributed by atoms with Gasteiger partial charge in [0.2, 0.25) is 0 Å². The SMILES string of the molecule is CC(C)NCc1cc(N(CC(F)(F)F)C2CC2)ncc1Cl. The monoisotopic (exact) mass is 321 g/mol. The van der Waals surface area contributed by atoms with Gasteiger partial charge in [0.15, 0.2) is 0 Å². The predicted molar refractivity (Wildman–Crippen MR) is 77.6 cm³/mol. The van der Waals surface area contributed by atoms with Gasteiger partial charge < -0.3 is 10.2 Å². The fourth-order valence-corrected chi connectivity index (χ4v) is 2.22. The molecule has 2 rings (SSSR count). The molecule has 0 radical (unpaired) electrons. The van der Waals surface area contributed by atoms with E-state index in [4.69, 9.17) is 11.6 Å². The standard InChI is InChI=1S/C14H19ClF3N3/c1-9(2)19-6-10-5-13(20-7-12(10)15)21(11-3-4-11)8-14(16,17)18/h5,7,9,11,19H,3-4,6,8H2,1-2H3. The van der Waals surface area contributed by atoms with Crippen LogP contribution in [0.5, 0.6) is 0 Å². The molecule has 0 aliphatic heterocycles. The Balaban J connectivity index is 2.18. The fraction of sp³-hybridized carbons (Fsp3) is 0.643. The zero-order chi connectivity index (χ0) is 15.6. The fourth-order valence-electron chi connectivity index (χ4n) is 2.05. The van der Waals surface area contributed by atoms with Crippen LogP contribution in [0.2, 0.25) is 5.02 Å². The van der Waals surface area contributed by atoms with Gasteiger partial charge in [-0.25, -0.2) is 4.98 Å². The second kappa shape index (κ2) is 6.40. The molecule has 7 heteroatoms. The van der Waals surface area contributed by atoms with Crippen molar-refractivity contribution in [1.29, 1.82) is 0 Å². The smallest absolute Gasteiger partial charge is 0.345 e. The largest absolute Gasteiger partial charge is 0.405 e. The molecule has 0 unspecified atom stereocenters. The van der Waals surface area contributed by atoms with Crippen LogP contribution in [-0.4, -0.2) is 29.8 Å². The number of aromatic nitrogens is 1. The van der Waals surface area contributed by atoms with Crippen LogP contribution in [0, 0.1) is 0 Å².